The van der Waals surface area contributed by atoms with Crippen molar-refractivity contribution in [2.45, 2.75) is 19.5 Å². The summed E-state index contributed by atoms with van der Waals surface area (Å²) in [5.41, 5.74) is 1.11. The Morgan fingerprint density at radius 2 is 2.25 bits per heavy atom. The third-order valence-corrected chi connectivity index (χ3v) is 3.74. The summed E-state index contributed by atoms with van der Waals surface area (Å²) in [4.78, 5) is 2.40. The van der Waals surface area contributed by atoms with Crippen molar-refractivity contribution in [1.29, 1.82) is 0 Å². The van der Waals surface area contributed by atoms with Gasteiger partial charge in [-0.05, 0) is 18.6 Å². The van der Waals surface area contributed by atoms with Crippen LogP contribution in [0.15, 0.2) is 18.2 Å². The van der Waals surface area contributed by atoms with Crippen LogP contribution < -0.4 is 5.32 Å². The number of nitrogens with one attached hydrogen (secondary N) is 1. The van der Waals surface area contributed by atoms with Crippen molar-refractivity contribution in [1.82, 2.24) is 10.2 Å². The van der Waals surface area contributed by atoms with Gasteiger partial charge in [0.25, 0.3) is 0 Å². The highest BCUT2D eigenvalue weighted by atomic mass is 35.5. The zero-order valence-electron chi connectivity index (χ0n) is 9.34. The zero-order valence-corrected chi connectivity index (χ0v) is 10.9. The van der Waals surface area contributed by atoms with E-state index in [9.17, 15) is 0 Å². The van der Waals surface area contributed by atoms with Crippen molar-refractivity contribution >= 4 is 23.2 Å². The lowest BCUT2D eigenvalue weighted by Gasteiger charge is -2.32. The van der Waals surface area contributed by atoms with Crippen LogP contribution in [0.5, 0.6) is 0 Å². The van der Waals surface area contributed by atoms with Gasteiger partial charge in [-0.2, -0.15) is 0 Å². The van der Waals surface area contributed by atoms with Crippen LogP contribution in [0.3, 0.4) is 0 Å². The van der Waals surface area contributed by atoms with Crippen LogP contribution in [0.25, 0.3) is 0 Å². The van der Waals surface area contributed by atoms with Crippen LogP contribution in [0, 0.1) is 0 Å². The maximum atomic E-state index is 6.17. The van der Waals surface area contributed by atoms with Crippen LogP contribution in [0.4, 0.5) is 0 Å². The average molecular weight is 259 g/mol. The van der Waals surface area contributed by atoms with Crippen LogP contribution in [-0.2, 0) is 6.54 Å². The molecule has 0 unspecified atom stereocenters. The summed E-state index contributed by atoms with van der Waals surface area (Å²) in [6, 6.07) is 6.37. The van der Waals surface area contributed by atoms with Crippen molar-refractivity contribution < 1.29 is 0 Å². The van der Waals surface area contributed by atoms with Crippen molar-refractivity contribution in [3.63, 3.8) is 0 Å². The molecule has 0 aromatic heterocycles. The summed E-state index contributed by atoms with van der Waals surface area (Å²) in [7, 11) is 0. The van der Waals surface area contributed by atoms with Gasteiger partial charge in [0.15, 0.2) is 0 Å². The first-order valence-electron chi connectivity index (χ1n) is 5.55. The molecule has 2 rings (SSSR count). The third-order valence-electron chi connectivity index (χ3n) is 2.88. The molecule has 0 radical (unpaired) electrons. The van der Waals surface area contributed by atoms with E-state index in [1.807, 2.05) is 18.2 Å². The molecular formula is C12H16Cl2N2. The van der Waals surface area contributed by atoms with Crippen molar-refractivity contribution in [2.75, 3.05) is 19.6 Å². The molecule has 1 N–H and O–H groups in total. The van der Waals surface area contributed by atoms with Gasteiger partial charge < -0.3 is 5.32 Å². The predicted octanol–water partition coefficient (Wildman–Crippen LogP) is 2.79. The summed E-state index contributed by atoms with van der Waals surface area (Å²) in [6.45, 7) is 6.24. The molecule has 1 aliphatic heterocycles. The molecule has 0 bridgehead atoms. The summed E-state index contributed by atoms with van der Waals surface area (Å²) in [5.74, 6) is 0. The SMILES string of the molecule is C[C@H]1CN(Cc2cccc(Cl)c2Cl)CCN1. The summed E-state index contributed by atoms with van der Waals surface area (Å²) in [5, 5.41) is 4.75. The molecule has 16 heavy (non-hydrogen) atoms. The van der Waals surface area contributed by atoms with E-state index in [2.05, 4.69) is 17.1 Å². The van der Waals surface area contributed by atoms with Gasteiger partial charge in [-0.3, -0.25) is 4.90 Å². The molecule has 1 saturated heterocycles. The summed E-state index contributed by atoms with van der Waals surface area (Å²) >= 11 is 12.2. The molecule has 1 heterocycles. The molecule has 4 heteroatoms. The molecule has 1 aliphatic rings. The van der Waals surface area contributed by atoms with Crippen LogP contribution in [0.2, 0.25) is 10.0 Å². The largest absolute Gasteiger partial charge is 0.312 e. The number of hydrogen-bond donors (Lipinski definition) is 1. The van der Waals surface area contributed by atoms with Crippen LogP contribution in [-0.4, -0.2) is 30.6 Å². The minimum Gasteiger partial charge on any atom is -0.312 e. The Hall–Kier alpha value is -0.280. The number of hydrogen-bond acceptors (Lipinski definition) is 2. The molecule has 0 aliphatic carbocycles. The number of nitrogens with zero attached hydrogens (tertiary/aromatic N) is 1. The Labute approximate surface area is 107 Å². The monoisotopic (exact) mass is 258 g/mol. The first-order chi connectivity index (χ1) is 7.66. The average Bonchev–Trinajstić information content (AvgIpc) is 2.25. The summed E-state index contributed by atoms with van der Waals surface area (Å²) in [6.07, 6.45) is 0. The van der Waals surface area contributed by atoms with Gasteiger partial charge in [-0.25, -0.2) is 0 Å². The highest BCUT2D eigenvalue weighted by Crippen LogP contribution is 2.26. The molecular weight excluding hydrogens is 243 g/mol. The number of piperazine rings is 1. The van der Waals surface area contributed by atoms with Gasteiger partial charge in [-0.15, -0.1) is 0 Å². The minimum atomic E-state index is 0.548. The first kappa shape index (κ1) is 12.2. The fourth-order valence-corrected chi connectivity index (χ4v) is 2.45. The molecule has 2 nitrogen and oxygen atoms in total. The van der Waals surface area contributed by atoms with Gasteiger partial charge >= 0.3 is 0 Å². The van der Waals surface area contributed by atoms with Crippen molar-refractivity contribution in [3.05, 3.63) is 33.8 Å². The van der Waals surface area contributed by atoms with Gasteiger partial charge in [0.1, 0.15) is 0 Å². The van der Waals surface area contributed by atoms with E-state index in [4.69, 9.17) is 23.2 Å². The Morgan fingerprint density at radius 1 is 1.44 bits per heavy atom. The quantitative estimate of drug-likeness (QED) is 0.878. The van der Waals surface area contributed by atoms with Crippen molar-refractivity contribution in [3.8, 4) is 0 Å². The fraction of sp³-hybridized carbons (Fsp3) is 0.500. The van der Waals surface area contributed by atoms with Gasteiger partial charge in [-0.1, -0.05) is 35.3 Å². The van der Waals surface area contributed by atoms with E-state index in [-0.39, 0.29) is 0 Å². The van der Waals surface area contributed by atoms with E-state index < -0.39 is 0 Å². The second-order valence-corrected chi connectivity index (χ2v) is 5.09. The van der Waals surface area contributed by atoms with Gasteiger partial charge in [0, 0.05) is 32.2 Å². The lowest BCUT2D eigenvalue weighted by atomic mass is 10.1. The van der Waals surface area contributed by atoms with Gasteiger partial charge in [0.2, 0.25) is 0 Å². The number of rotatable bonds is 2. The maximum Gasteiger partial charge on any atom is 0.0637 e. The van der Waals surface area contributed by atoms with Crippen LogP contribution >= 0.6 is 23.2 Å². The van der Waals surface area contributed by atoms with Crippen molar-refractivity contribution in [2.24, 2.45) is 0 Å². The molecule has 1 atom stereocenters. The number of halogens is 2. The molecule has 0 amide bonds. The minimum absolute atomic E-state index is 0.548. The fourth-order valence-electron chi connectivity index (χ4n) is 2.07. The van der Waals surface area contributed by atoms with E-state index in [0.29, 0.717) is 16.1 Å². The molecule has 88 valence electrons. The second kappa shape index (κ2) is 5.37. The smallest absolute Gasteiger partial charge is 0.0637 e. The Kier molecular flexibility index (Phi) is 4.09. The molecule has 1 fully saturated rings. The van der Waals surface area contributed by atoms with E-state index in [1.54, 1.807) is 0 Å². The first-order valence-corrected chi connectivity index (χ1v) is 6.31. The lowest BCUT2D eigenvalue weighted by Crippen LogP contribution is -2.48. The molecule has 1 aromatic rings. The Balaban J connectivity index is 2.05. The van der Waals surface area contributed by atoms with E-state index in [1.165, 1.54) is 0 Å². The Morgan fingerprint density at radius 3 is 3.00 bits per heavy atom. The van der Waals surface area contributed by atoms with Gasteiger partial charge in [0.05, 0.1) is 10.0 Å². The van der Waals surface area contributed by atoms with E-state index >= 15 is 0 Å². The molecule has 1 aromatic carbocycles. The normalized spacial score (nSPS) is 22.3. The highest BCUT2D eigenvalue weighted by molar-refractivity contribution is 6.42. The molecule has 0 saturated carbocycles. The third kappa shape index (κ3) is 2.89. The zero-order chi connectivity index (χ0) is 11.5. The molecule has 0 spiro atoms. The highest BCUT2D eigenvalue weighted by Gasteiger charge is 2.16. The second-order valence-electron chi connectivity index (χ2n) is 4.30. The Bertz CT molecular complexity index is 368. The maximum absolute atomic E-state index is 6.17. The standard InChI is InChI=1S/C12H16Cl2N2/c1-9-7-16(6-5-15-9)8-10-3-2-4-11(13)12(10)14/h2-4,9,15H,5-8H2,1H3/t9-/m0/s1. The topological polar surface area (TPSA) is 15.3 Å². The lowest BCUT2D eigenvalue weighted by molar-refractivity contribution is 0.200. The predicted molar refractivity (Wildman–Crippen MR) is 69.2 cm³/mol. The number of benzene rings is 1. The van der Waals surface area contributed by atoms with Crippen LogP contribution in [0.1, 0.15) is 12.5 Å². The van der Waals surface area contributed by atoms with E-state index in [0.717, 1.165) is 31.7 Å². The summed E-state index contributed by atoms with van der Waals surface area (Å²) < 4.78 is 0.